The highest BCUT2D eigenvalue weighted by atomic mass is 16.3. The van der Waals surface area contributed by atoms with Gasteiger partial charge in [0.15, 0.2) is 0 Å². The zero-order chi connectivity index (χ0) is 11.1. The monoisotopic (exact) mass is 209 g/mol. The highest BCUT2D eigenvalue weighted by Gasteiger charge is 2.15. The van der Waals surface area contributed by atoms with E-state index < -0.39 is 0 Å². The summed E-state index contributed by atoms with van der Waals surface area (Å²) < 4.78 is 0. The van der Waals surface area contributed by atoms with Crippen molar-refractivity contribution in [1.82, 2.24) is 4.98 Å². The first-order valence-corrected chi connectivity index (χ1v) is 5.46. The molecule has 3 nitrogen and oxygen atoms in total. The van der Waals surface area contributed by atoms with Gasteiger partial charge in [0.2, 0.25) is 0 Å². The molecule has 0 amide bonds. The minimum atomic E-state index is 0.263. The Hall–Kier alpha value is -1.09. The second kappa shape index (κ2) is 6.40. The van der Waals surface area contributed by atoms with Gasteiger partial charge >= 0.3 is 0 Å². The van der Waals surface area contributed by atoms with Gasteiger partial charge in [0.05, 0.1) is 6.20 Å². The fraction of sp³-hybridized carbons (Fsp3) is 0.583. The molecule has 84 valence electrons. The molecule has 1 aromatic rings. The van der Waals surface area contributed by atoms with E-state index in [1.54, 1.807) is 12.3 Å². The summed E-state index contributed by atoms with van der Waals surface area (Å²) in [5.74, 6) is 0.897. The molecule has 1 heterocycles. The normalized spacial score (nSPS) is 16.7. The van der Waals surface area contributed by atoms with Crippen LogP contribution in [0.2, 0.25) is 0 Å². The minimum absolute atomic E-state index is 0.263. The van der Waals surface area contributed by atoms with Gasteiger partial charge < -0.3 is 10.2 Å². The van der Waals surface area contributed by atoms with Gasteiger partial charge in [0.1, 0.15) is 5.75 Å². The van der Waals surface area contributed by atoms with Crippen molar-refractivity contribution < 1.29 is 10.2 Å². The Morgan fingerprint density at radius 3 is 2.33 bits per heavy atom. The molecule has 0 spiro atoms. The number of aliphatic hydroxyl groups is 1. The van der Waals surface area contributed by atoms with E-state index in [9.17, 15) is 0 Å². The first-order chi connectivity index (χ1) is 7.36. The summed E-state index contributed by atoms with van der Waals surface area (Å²) in [5.41, 5.74) is 1.15. The number of nitrogens with zero attached hydrogens (tertiary/aromatic N) is 1. The summed E-state index contributed by atoms with van der Waals surface area (Å²) in [6.07, 6.45) is 8.09. The number of pyridine rings is 1. The molecular formula is C12H19NO2. The molecule has 0 saturated heterocycles. The lowest BCUT2D eigenvalue weighted by Crippen LogP contribution is -2.05. The standard InChI is InChI=1S/C11H15NO.CH4O/c13-10-6-7-11(12-8-10)9-4-2-1-3-5-9;1-2/h6-9,13H,1-5H2;2H,1H3. The molecule has 0 aromatic carbocycles. The molecular weight excluding hydrogens is 190 g/mol. The number of aromatic nitrogens is 1. The predicted octanol–water partition coefficient (Wildman–Crippen LogP) is 2.44. The van der Waals surface area contributed by atoms with Gasteiger partial charge in [0, 0.05) is 18.7 Å². The highest BCUT2D eigenvalue weighted by molar-refractivity contribution is 5.20. The average Bonchev–Trinajstić information content (AvgIpc) is 2.34. The Labute approximate surface area is 90.8 Å². The zero-order valence-corrected chi connectivity index (χ0v) is 9.19. The fourth-order valence-electron chi connectivity index (χ4n) is 2.04. The Kier molecular flexibility index (Phi) is 5.12. The van der Waals surface area contributed by atoms with Crippen molar-refractivity contribution in [2.75, 3.05) is 7.11 Å². The Morgan fingerprint density at radius 1 is 1.13 bits per heavy atom. The van der Waals surface area contributed by atoms with E-state index in [0.29, 0.717) is 5.92 Å². The van der Waals surface area contributed by atoms with Crippen molar-refractivity contribution in [3.05, 3.63) is 24.0 Å². The summed E-state index contributed by atoms with van der Waals surface area (Å²) in [6, 6.07) is 3.68. The Bertz CT molecular complexity index is 265. The maximum Gasteiger partial charge on any atom is 0.133 e. The maximum absolute atomic E-state index is 9.09. The lowest BCUT2D eigenvalue weighted by molar-refractivity contribution is 0.399. The van der Waals surface area contributed by atoms with Crippen molar-refractivity contribution in [1.29, 1.82) is 0 Å². The van der Waals surface area contributed by atoms with Crippen LogP contribution in [0.15, 0.2) is 18.3 Å². The van der Waals surface area contributed by atoms with E-state index in [0.717, 1.165) is 12.8 Å². The van der Waals surface area contributed by atoms with Gasteiger partial charge in [-0.2, -0.15) is 0 Å². The van der Waals surface area contributed by atoms with Crippen LogP contribution in [0, 0.1) is 0 Å². The van der Waals surface area contributed by atoms with Crippen LogP contribution in [0.3, 0.4) is 0 Å². The molecule has 15 heavy (non-hydrogen) atoms. The van der Waals surface area contributed by atoms with Crippen molar-refractivity contribution in [2.24, 2.45) is 0 Å². The number of hydrogen-bond acceptors (Lipinski definition) is 3. The van der Waals surface area contributed by atoms with Crippen LogP contribution >= 0.6 is 0 Å². The van der Waals surface area contributed by atoms with Crippen LogP contribution in [-0.4, -0.2) is 22.3 Å². The molecule has 0 aliphatic heterocycles. The minimum Gasteiger partial charge on any atom is -0.506 e. The van der Waals surface area contributed by atoms with Gasteiger partial charge in [-0.05, 0) is 25.0 Å². The molecule has 0 atom stereocenters. The molecule has 1 aliphatic rings. The number of aliphatic hydroxyl groups excluding tert-OH is 1. The summed E-state index contributed by atoms with van der Waals surface area (Å²) in [4.78, 5) is 4.25. The summed E-state index contributed by atoms with van der Waals surface area (Å²) >= 11 is 0. The van der Waals surface area contributed by atoms with E-state index in [2.05, 4.69) is 4.98 Å². The summed E-state index contributed by atoms with van der Waals surface area (Å²) in [6.45, 7) is 0. The predicted molar refractivity (Wildman–Crippen MR) is 59.9 cm³/mol. The lowest BCUT2D eigenvalue weighted by atomic mass is 9.87. The molecule has 1 aromatic heterocycles. The number of aromatic hydroxyl groups is 1. The molecule has 0 bridgehead atoms. The molecule has 1 fully saturated rings. The maximum atomic E-state index is 9.09. The second-order valence-corrected chi connectivity index (χ2v) is 3.78. The summed E-state index contributed by atoms with van der Waals surface area (Å²) in [7, 11) is 1.00. The van der Waals surface area contributed by atoms with Gasteiger partial charge in [0.25, 0.3) is 0 Å². The van der Waals surface area contributed by atoms with E-state index in [4.69, 9.17) is 10.2 Å². The third-order valence-electron chi connectivity index (χ3n) is 2.79. The van der Waals surface area contributed by atoms with E-state index in [1.165, 1.54) is 32.1 Å². The largest absolute Gasteiger partial charge is 0.506 e. The van der Waals surface area contributed by atoms with Crippen LogP contribution in [0.4, 0.5) is 0 Å². The quantitative estimate of drug-likeness (QED) is 0.747. The van der Waals surface area contributed by atoms with Crippen LogP contribution < -0.4 is 0 Å². The summed E-state index contributed by atoms with van der Waals surface area (Å²) in [5, 5.41) is 16.1. The number of hydrogen-bond donors (Lipinski definition) is 2. The Morgan fingerprint density at radius 2 is 1.80 bits per heavy atom. The lowest BCUT2D eigenvalue weighted by Gasteiger charge is -2.20. The van der Waals surface area contributed by atoms with Crippen LogP contribution in [-0.2, 0) is 0 Å². The van der Waals surface area contributed by atoms with E-state index in [1.807, 2.05) is 6.07 Å². The third-order valence-corrected chi connectivity index (χ3v) is 2.79. The van der Waals surface area contributed by atoms with Crippen molar-refractivity contribution in [3.8, 4) is 5.75 Å². The number of rotatable bonds is 1. The van der Waals surface area contributed by atoms with Gasteiger partial charge in [-0.25, -0.2) is 0 Å². The molecule has 3 heteroatoms. The third kappa shape index (κ3) is 3.51. The highest BCUT2D eigenvalue weighted by Crippen LogP contribution is 2.31. The van der Waals surface area contributed by atoms with E-state index in [-0.39, 0.29) is 5.75 Å². The second-order valence-electron chi connectivity index (χ2n) is 3.78. The van der Waals surface area contributed by atoms with Crippen LogP contribution in [0.1, 0.15) is 43.7 Å². The first kappa shape index (κ1) is 12.0. The Balaban J connectivity index is 0.000000531. The van der Waals surface area contributed by atoms with Crippen molar-refractivity contribution >= 4 is 0 Å². The SMILES string of the molecule is CO.Oc1ccc(C2CCCCC2)nc1. The first-order valence-electron chi connectivity index (χ1n) is 5.46. The molecule has 0 unspecified atom stereocenters. The zero-order valence-electron chi connectivity index (χ0n) is 9.19. The van der Waals surface area contributed by atoms with Gasteiger partial charge in [-0.15, -0.1) is 0 Å². The molecule has 2 rings (SSSR count). The molecule has 2 N–H and O–H groups in total. The molecule has 1 saturated carbocycles. The van der Waals surface area contributed by atoms with Gasteiger partial charge in [-0.3, -0.25) is 4.98 Å². The molecule has 0 radical (unpaired) electrons. The van der Waals surface area contributed by atoms with Gasteiger partial charge in [-0.1, -0.05) is 19.3 Å². The van der Waals surface area contributed by atoms with E-state index >= 15 is 0 Å². The average molecular weight is 209 g/mol. The fourth-order valence-corrected chi connectivity index (χ4v) is 2.04. The van der Waals surface area contributed by atoms with Crippen LogP contribution in [0.5, 0.6) is 5.75 Å². The van der Waals surface area contributed by atoms with Crippen LogP contribution in [0.25, 0.3) is 0 Å². The molecule has 1 aliphatic carbocycles. The van der Waals surface area contributed by atoms with Crippen molar-refractivity contribution in [2.45, 2.75) is 38.0 Å². The topological polar surface area (TPSA) is 53.4 Å². The van der Waals surface area contributed by atoms with Crippen molar-refractivity contribution in [3.63, 3.8) is 0 Å². The smallest absolute Gasteiger partial charge is 0.133 e.